The summed E-state index contributed by atoms with van der Waals surface area (Å²) in [5, 5.41) is 0. The lowest BCUT2D eigenvalue weighted by Crippen LogP contribution is -2.22. The van der Waals surface area contributed by atoms with Gasteiger partial charge in [0.15, 0.2) is 0 Å². The quantitative estimate of drug-likeness (QED) is 0.479. The summed E-state index contributed by atoms with van der Waals surface area (Å²) in [5.41, 5.74) is 2.98. The van der Waals surface area contributed by atoms with E-state index in [4.69, 9.17) is 4.84 Å². The molecule has 1 saturated carbocycles. The summed E-state index contributed by atoms with van der Waals surface area (Å²) < 4.78 is 0. The summed E-state index contributed by atoms with van der Waals surface area (Å²) in [6.07, 6.45) is 6.84. The highest BCUT2D eigenvalue weighted by Gasteiger charge is 2.14. The van der Waals surface area contributed by atoms with Gasteiger partial charge in [0.1, 0.15) is 0 Å². The smallest absolute Gasteiger partial charge is 0.0790 e. The third-order valence-corrected chi connectivity index (χ3v) is 1.90. The molecule has 0 saturated heterocycles. The lowest BCUT2D eigenvalue weighted by atomic mass is 10.3. The van der Waals surface area contributed by atoms with Crippen LogP contribution in [0.2, 0.25) is 0 Å². The standard InChI is InChI=1S/C8H17NO/c1-2-7-9-10-8-5-3-4-6-8/h8-9H,2-7H2,1H3. The van der Waals surface area contributed by atoms with E-state index in [9.17, 15) is 0 Å². The molecule has 1 fully saturated rings. The summed E-state index contributed by atoms with van der Waals surface area (Å²) in [5.74, 6) is 0. The van der Waals surface area contributed by atoms with Crippen LogP contribution in [-0.2, 0) is 4.84 Å². The summed E-state index contributed by atoms with van der Waals surface area (Å²) >= 11 is 0. The van der Waals surface area contributed by atoms with Crippen LogP contribution in [0.15, 0.2) is 0 Å². The van der Waals surface area contributed by atoms with Gasteiger partial charge in [0.2, 0.25) is 0 Å². The van der Waals surface area contributed by atoms with Crippen LogP contribution < -0.4 is 5.48 Å². The average Bonchev–Trinajstić information content (AvgIpc) is 2.41. The highest BCUT2D eigenvalue weighted by molar-refractivity contribution is 4.65. The van der Waals surface area contributed by atoms with Gasteiger partial charge in [0.05, 0.1) is 6.10 Å². The van der Waals surface area contributed by atoms with Crippen molar-refractivity contribution in [2.75, 3.05) is 6.54 Å². The van der Waals surface area contributed by atoms with Crippen LogP contribution in [0.4, 0.5) is 0 Å². The Hall–Kier alpha value is -0.0800. The van der Waals surface area contributed by atoms with Crippen LogP contribution in [0.25, 0.3) is 0 Å². The molecule has 0 atom stereocenters. The molecule has 0 heterocycles. The van der Waals surface area contributed by atoms with Crippen LogP contribution in [-0.4, -0.2) is 12.6 Å². The lowest BCUT2D eigenvalue weighted by Gasteiger charge is -2.09. The van der Waals surface area contributed by atoms with E-state index in [0.717, 1.165) is 13.0 Å². The summed E-state index contributed by atoms with van der Waals surface area (Å²) in [7, 11) is 0. The number of nitrogens with one attached hydrogen (secondary N) is 1. The molecule has 1 rings (SSSR count). The third-order valence-electron chi connectivity index (χ3n) is 1.90. The van der Waals surface area contributed by atoms with Crippen LogP contribution in [0.3, 0.4) is 0 Å². The second-order valence-corrected chi connectivity index (χ2v) is 2.92. The van der Waals surface area contributed by atoms with E-state index >= 15 is 0 Å². The van der Waals surface area contributed by atoms with E-state index in [1.165, 1.54) is 25.7 Å². The van der Waals surface area contributed by atoms with Crippen molar-refractivity contribution in [3.63, 3.8) is 0 Å². The third kappa shape index (κ3) is 2.67. The molecule has 1 N–H and O–H groups in total. The van der Waals surface area contributed by atoms with Crippen molar-refractivity contribution in [1.29, 1.82) is 0 Å². The van der Waals surface area contributed by atoms with E-state index in [1.807, 2.05) is 0 Å². The van der Waals surface area contributed by atoms with Crippen LogP contribution in [0.1, 0.15) is 39.0 Å². The van der Waals surface area contributed by atoms with Crippen molar-refractivity contribution in [3.05, 3.63) is 0 Å². The van der Waals surface area contributed by atoms with Crippen molar-refractivity contribution in [3.8, 4) is 0 Å². The van der Waals surface area contributed by atoms with E-state index in [2.05, 4.69) is 12.4 Å². The molecule has 0 aliphatic heterocycles. The Kier molecular flexibility index (Phi) is 3.76. The Labute approximate surface area is 62.9 Å². The zero-order valence-electron chi connectivity index (χ0n) is 6.73. The normalized spacial score (nSPS) is 20.1. The molecule has 60 valence electrons. The fourth-order valence-electron chi connectivity index (χ4n) is 1.29. The van der Waals surface area contributed by atoms with Crippen LogP contribution in [0.5, 0.6) is 0 Å². The van der Waals surface area contributed by atoms with Crippen molar-refractivity contribution < 1.29 is 4.84 Å². The first kappa shape index (κ1) is 8.02. The molecule has 0 unspecified atom stereocenters. The van der Waals surface area contributed by atoms with E-state index in [-0.39, 0.29) is 0 Å². The number of hydrogen-bond donors (Lipinski definition) is 1. The zero-order chi connectivity index (χ0) is 7.23. The SMILES string of the molecule is CCCNOC1CCCC1. The summed E-state index contributed by atoms with van der Waals surface area (Å²) in [6, 6.07) is 0. The van der Waals surface area contributed by atoms with Crippen molar-refractivity contribution in [2.45, 2.75) is 45.1 Å². The molecule has 1 aliphatic rings. The van der Waals surface area contributed by atoms with Crippen molar-refractivity contribution in [1.82, 2.24) is 5.48 Å². The monoisotopic (exact) mass is 143 g/mol. The molecule has 0 aromatic carbocycles. The van der Waals surface area contributed by atoms with Gasteiger partial charge in [-0.05, 0) is 19.3 Å². The van der Waals surface area contributed by atoms with Crippen molar-refractivity contribution >= 4 is 0 Å². The fourth-order valence-corrected chi connectivity index (χ4v) is 1.29. The maximum Gasteiger partial charge on any atom is 0.0790 e. The molecule has 0 spiro atoms. The number of hydroxylamine groups is 1. The molecule has 2 nitrogen and oxygen atoms in total. The van der Waals surface area contributed by atoms with Gasteiger partial charge in [-0.25, -0.2) is 5.48 Å². The Morgan fingerprint density at radius 3 is 2.70 bits per heavy atom. The highest BCUT2D eigenvalue weighted by Crippen LogP contribution is 2.19. The summed E-state index contributed by atoms with van der Waals surface area (Å²) in [6.45, 7) is 3.13. The maximum atomic E-state index is 5.39. The first-order chi connectivity index (χ1) is 4.93. The topological polar surface area (TPSA) is 21.3 Å². The molecule has 0 aromatic heterocycles. The zero-order valence-corrected chi connectivity index (χ0v) is 6.73. The molecule has 0 radical (unpaired) electrons. The molecule has 0 amide bonds. The Bertz CT molecular complexity index is 79.3. The van der Waals surface area contributed by atoms with Gasteiger partial charge < -0.3 is 0 Å². The largest absolute Gasteiger partial charge is 0.299 e. The molecular formula is C8H17NO. The molecule has 10 heavy (non-hydrogen) atoms. The highest BCUT2D eigenvalue weighted by atomic mass is 16.7. The molecule has 0 bridgehead atoms. The van der Waals surface area contributed by atoms with Gasteiger partial charge in [0, 0.05) is 6.54 Å². The first-order valence-electron chi connectivity index (χ1n) is 4.32. The van der Waals surface area contributed by atoms with Gasteiger partial charge in [0.25, 0.3) is 0 Å². The van der Waals surface area contributed by atoms with Gasteiger partial charge >= 0.3 is 0 Å². The minimum absolute atomic E-state index is 0.506. The second-order valence-electron chi connectivity index (χ2n) is 2.92. The van der Waals surface area contributed by atoms with Crippen LogP contribution in [0, 0.1) is 0 Å². The number of rotatable bonds is 4. The first-order valence-corrected chi connectivity index (χ1v) is 4.32. The molecule has 0 aromatic rings. The maximum absolute atomic E-state index is 5.39. The Morgan fingerprint density at radius 2 is 2.10 bits per heavy atom. The number of hydrogen-bond acceptors (Lipinski definition) is 2. The lowest BCUT2D eigenvalue weighted by molar-refractivity contribution is -0.0202. The summed E-state index contributed by atoms with van der Waals surface area (Å²) in [4.78, 5) is 5.39. The molecule has 1 aliphatic carbocycles. The van der Waals surface area contributed by atoms with Gasteiger partial charge in [-0.2, -0.15) is 0 Å². The molecular weight excluding hydrogens is 126 g/mol. The van der Waals surface area contributed by atoms with Gasteiger partial charge in [-0.3, -0.25) is 4.84 Å². The second kappa shape index (κ2) is 4.69. The predicted molar refractivity (Wildman–Crippen MR) is 41.6 cm³/mol. The van der Waals surface area contributed by atoms with E-state index in [0.29, 0.717) is 6.10 Å². The predicted octanol–water partition coefficient (Wildman–Crippen LogP) is 1.86. The van der Waals surface area contributed by atoms with Crippen LogP contribution >= 0.6 is 0 Å². The van der Waals surface area contributed by atoms with E-state index in [1.54, 1.807) is 0 Å². The Morgan fingerprint density at radius 1 is 1.40 bits per heavy atom. The van der Waals surface area contributed by atoms with E-state index < -0.39 is 0 Å². The fraction of sp³-hybridized carbons (Fsp3) is 1.00. The minimum atomic E-state index is 0.506. The average molecular weight is 143 g/mol. The molecule has 2 heteroatoms. The van der Waals surface area contributed by atoms with Crippen molar-refractivity contribution in [2.24, 2.45) is 0 Å². The van der Waals surface area contributed by atoms with Gasteiger partial charge in [-0.1, -0.05) is 19.8 Å². The minimum Gasteiger partial charge on any atom is -0.299 e. The van der Waals surface area contributed by atoms with Gasteiger partial charge in [-0.15, -0.1) is 0 Å². The Balaban J connectivity index is 1.91.